The van der Waals surface area contributed by atoms with E-state index in [1.165, 1.54) is 6.20 Å². The van der Waals surface area contributed by atoms with Crippen LogP contribution in [0.25, 0.3) is 0 Å². The molecule has 4 nitrogen and oxygen atoms in total. The van der Waals surface area contributed by atoms with Gasteiger partial charge in [-0.2, -0.15) is 0 Å². The van der Waals surface area contributed by atoms with Crippen LogP contribution in [0.3, 0.4) is 0 Å². The van der Waals surface area contributed by atoms with Crippen LogP contribution >= 0.6 is 0 Å². The molecule has 0 atom stereocenters. The number of pyridine rings is 1. The van der Waals surface area contributed by atoms with E-state index in [1.54, 1.807) is 12.1 Å². The normalized spacial score (nSPS) is 10.5. The molecule has 1 heterocycles. The van der Waals surface area contributed by atoms with Crippen molar-refractivity contribution in [3.63, 3.8) is 0 Å². The van der Waals surface area contributed by atoms with Gasteiger partial charge in [0, 0.05) is 13.6 Å². The van der Waals surface area contributed by atoms with E-state index < -0.39 is 28.9 Å². The molecule has 0 aliphatic heterocycles. The van der Waals surface area contributed by atoms with Crippen molar-refractivity contribution in [2.45, 2.75) is 6.54 Å². The molecular weight excluding hydrogens is 355 g/mol. The maximum atomic E-state index is 13.7. The van der Waals surface area contributed by atoms with Gasteiger partial charge in [0.25, 0.3) is 5.91 Å². The molecule has 0 bridgehead atoms. The predicted octanol–water partition coefficient (Wildman–Crippen LogP) is 4.39. The number of rotatable bonds is 5. The predicted molar refractivity (Wildman–Crippen MR) is 97.1 cm³/mol. The number of amides is 1. The van der Waals surface area contributed by atoms with Crippen LogP contribution in [0.15, 0.2) is 60.8 Å². The topological polar surface area (TPSA) is 45.2 Å². The van der Waals surface area contributed by atoms with Crippen molar-refractivity contribution < 1.29 is 18.0 Å². The van der Waals surface area contributed by atoms with Crippen molar-refractivity contribution >= 4 is 17.4 Å². The van der Waals surface area contributed by atoms with E-state index in [9.17, 15) is 18.0 Å². The average Bonchev–Trinajstić information content (AvgIpc) is 2.67. The number of benzene rings is 2. The Morgan fingerprint density at radius 1 is 1.00 bits per heavy atom. The van der Waals surface area contributed by atoms with Crippen molar-refractivity contribution in [1.82, 2.24) is 4.98 Å². The Morgan fingerprint density at radius 3 is 2.41 bits per heavy atom. The zero-order valence-corrected chi connectivity index (χ0v) is 14.4. The molecule has 1 amide bonds. The van der Waals surface area contributed by atoms with Gasteiger partial charge in [0.05, 0.1) is 17.4 Å². The minimum atomic E-state index is -1.68. The first-order valence-electron chi connectivity index (χ1n) is 8.11. The van der Waals surface area contributed by atoms with Crippen LogP contribution in [-0.4, -0.2) is 17.9 Å². The maximum Gasteiger partial charge on any atom is 0.258 e. The van der Waals surface area contributed by atoms with Gasteiger partial charge in [-0.25, -0.2) is 18.2 Å². The Balaban J connectivity index is 1.69. The third-order valence-electron chi connectivity index (χ3n) is 3.94. The Hall–Kier alpha value is -3.35. The van der Waals surface area contributed by atoms with Crippen LogP contribution in [0.5, 0.6) is 0 Å². The van der Waals surface area contributed by atoms with Crippen molar-refractivity contribution in [2.75, 3.05) is 17.3 Å². The molecule has 138 valence electrons. The lowest BCUT2D eigenvalue weighted by molar-refractivity contribution is 0.102. The Kier molecular flexibility index (Phi) is 5.40. The zero-order chi connectivity index (χ0) is 19.4. The van der Waals surface area contributed by atoms with Crippen LogP contribution in [-0.2, 0) is 6.54 Å². The summed E-state index contributed by atoms with van der Waals surface area (Å²) in [6.45, 7) is 0.652. The zero-order valence-electron chi connectivity index (χ0n) is 14.4. The molecule has 0 radical (unpaired) electrons. The summed E-state index contributed by atoms with van der Waals surface area (Å²) in [4.78, 5) is 18.3. The molecule has 3 rings (SSSR count). The highest BCUT2D eigenvalue weighted by Crippen LogP contribution is 2.19. The van der Waals surface area contributed by atoms with Gasteiger partial charge in [0.15, 0.2) is 17.5 Å². The summed E-state index contributed by atoms with van der Waals surface area (Å²) in [6, 6.07) is 14.7. The quantitative estimate of drug-likeness (QED) is 0.677. The van der Waals surface area contributed by atoms with Crippen LogP contribution in [0.1, 0.15) is 15.9 Å². The van der Waals surface area contributed by atoms with Gasteiger partial charge in [0.1, 0.15) is 5.82 Å². The summed E-state index contributed by atoms with van der Waals surface area (Å²) in [6.07, 6.45) is 1.41. The fraction of sp³-hybridized carbons (Fsp3) is 0.100. The lowest BCUT2D eigenvalue weighted by Crippen LogP contribution is -2.18. The number of hydrogen-bond acceptors (Lipinski definition) is 3. The van der Waals surface area contributed by atoms with Gasteiger partial charge in [-0.3, -0.25) is 4.79 Å². The Morgan fingerprint density at radius 2 is 1.74 bits per heavy atom. The minimum absolute atomic E-state index is 0.306. The van der Waals surface area contributed by atoms with Crippen molar-refractivity contribution in [3.05, 3.63) is 89.4 Å². The number of nitrogens with zero attached hydrogens (tertiary/aromatic N) is 2. The van der Waals surface area contributed by atoms with E-state index in [4.69, 9.17) is 0 Å². The molecule has 2 aromatic carbocycles. The molecule has 0 aliphatic carbocycles. The molecule has 1 aromatic heterocycles. The number of nitrogens with one attached hydrogen (secondary N) is 1. The fourth-order valence-corrected chi connectivity index (χ4v) is 2.52. The molecule has 27 heavy (non-hydrogen) atoms. The first kappa shape index (κ1) is 18.4. The van der Waals surface area contributed by atoms with Gasteiger partial charge in [-0.05, 0) is 29.8 Å². The molecule has 0 fully saturated rings. The Labute approximate surface area is 154 Å². The summed E-state index contributed by atoms with van der Waals surface area (Å²) in [5.74, 6) is -4.77. The lowest BCUT2D eigenvalue weighted by atomic mass is 10.2. The number of anilines is 2. The van der Waals surface area contributed by atoms with Gasteiger partial charge in [-0.15, -0.1) is 0 Å². The highest BCUT2D eigenvalue weighted by Gasteiger charge is 2.19. The van der Waals surface area contributed by atoms with Gasteiger partial charge < -0.3 is 10.2 Å². The van der Waals surface area contributed by atoms with E-state index in [0.29, 0.717) is 24.1 Å². The van der Waals surface area contributed by atoms with Crippen molar-refractivity contribution in [3.8, 4) is 0 Å². The smallest absolute Gasteiger partial charge is 0.258 e. The first-order valence-corrected chi connectivity index (χ1v) is 8.11. The second-order valence-electron chi connectivity index (χ2n) is 5.92. The lowest BCUT2D eigenvalue weighted by Gasteiger charge is -2.18. The summed E-state index contributed by atoms with van der Waals surface area (Å²) in [7, 11) is 1.88. The number of carbonyl (C=O) groups excluding carboxylic acids is 1. The van der Waals surface area contributed by atoms with Crippen molar-refractivity contribution in [1.29, 1.82) is 0 Å². The maximum absolute atomic E-state index is 13.7. The summed E-state index contributed by atoms with van der Waals surface area (Å²) in [5, 5.41) is 2.41. The van der Waals surface area contributed by atoms with E-state index >= 15 is 0 Å². The molecule has 1 N–H and O–H groups in total. The van der Waals surface area contributed by atoms with Gasteiger partial charge in [-0.1, -0.05) is 30.3 Å². The molecule has 7 heteroatoms. The summed E-state index contributed by atoms with van der Waals surface area (Å²) >= 11 is 0. The molecular formula is C20H16F3N3O. The van der Waals surface area contributed by atoms with Crippen molar-refractivity contribution in [2.24, 2.45) is 0 Å². The molecule has 0 unspecified atom stereocenters. The number of carbonyl (C=O) groups is 1. The van der Waals surface area contributed by atoms with Crippen LogP contribution in [0.4, 0.5) is 24.7 Å². The number of halogens is 3. The van der Waals surface area contributed by atoms with Gasteiger partial charge in [0.2, 0.25) is 0 Å². The second kappa shape index (κ2) is 7.90. The van der Waals surface area contributed by atoms with E-state index in [2.05, 4.69) is 10.3 Å². The molecule has 0 saturated carbocycles. The third kappa shape index (κ3) is 4.25. The van der Waals surface area contributed by atoms with Gasteiger partial charge >= 0.3 is 0 Å². The molecule has 3 aromatic rings. The number of aromatic nitrogens is 1. The highest BCUT2D eigenvalue weighted by atomic mass is 19.2. The first-order chi connectivity index (χ1) is 13.0. The Bertz CT molecular complexity index is 947. The summed E-state index contributed by atoms with van der Waals surface area (Å²) < 4.78 is 39.9. The molecule has 0 saturated heterocycles. The third-order valence-corrected chi connectivity index (χ3v) is 3.94. The largest absolute Gasteiger partial charge is 0.355 e. The van der Waals surface area contributed by atoms with E-state index in [0.717, 1.165) is 11.6 Å². The van der Waals surface area contributed by atoms with Crippen LogP contribution in [0, 0.1) is 17.5 Å². The number of hydrogen-bond donors (Lipinski definition) is 1. The average molecular weight is 371 g/mol. The van der Waals surface area contributed by atoms with Crippen LogP contribution in [0.2, 0.25) is 0 Å². The monoisotopic (exact) mass is 371 g/mol. The fourth-order valence-electron chi connectivity index (χ4n) is 2.52. The van der Waals surface area contributed by atoms with Crippen LogP contribution < -0.4 is 10.2 Å². The molecule has 0 aliphatic rings. The van der Waals surface area contributed by atoms with E-state index in [1.807, 2.05) is 42.3 Å². The minimum Gasteiger partial charge on any atom is -0.355 e. The molecule has 0 spiro atoms. The SMILES string of the molecule is CN(Cc1ccccc1)c1ccc(NC(=O)c2ccc(F)c(F)c2F)cn1. The second-order valence-corrected chi connectivity index (χ2v) is 5.92. The van der Waals surface area contributed by atoms with E-state index in [-0.39, 0.29) is 0 Å². The summed E-state index contributed by atoms with van der Waals surface area (Å²) in [5.41, 5.74) is 0.841. The standard InChI is InChI=1S/C20H16F3N3O/c1-26(12-13-5-3-2-4-6-13)17-10-7-14(11-24-17)25-20(27)15-8-9-16(21)19(23)18(15)22/h2-11H,12H2,1H3,(H,25,27). The highest BCUT2D eigenvalue weighted by molar-refractivity contribution is 6.04.